The molecule has 0 aliphatic heterocycles. The quantitative estimate of drug-likeness (QED) is 0.661. The number of benzene rings is 1. The number of aromatic nitrogens is 2. The van der Waals surface area contributed by atoms with Gasteiger partial charge in [0, 0.05) is 11.6 Å². The Morgan fingerprint density at radius 1 is 1.26 bits per heavy atom. The van der Waals surface area contributed by atoms with Gasteiger partial charge in [-0.05, 0) is 37.3 Å². The van der Waals surface area contributed by atoms with Crippen molar-refractivity contribution in [2.75, 3.05) is 0 Å². The summed E-state index contributed by atoms with van der Waals surface area (Å²) in [5.74, 6) is -0.0704. The van der Waals surface area contributed by atoms with Crippen molar-refractivity contribution in [2.45, 2.75) is 6.92 Å². The topological polar surface area (TPSA) is 56.0 Å². The highest BCUT2D eigenvalue weighted by Crippen LogP contribution is 2.21. The molecular weight excluding hydrogens is 247 g/mol. The molecular formula is C14H9FN2O2. The lowest BCUT2D eigenvalue weighted by Gasteiger charge is -1.96. The maximum absolute atomic E-state index is 13.1. The minimum Gasteiger partial charge on any atom is -0.453 e. The molecule has 0 aliphatic rings. The largest absolute Gasteiger partial charge is 0.453 e. The first-order valence-corrected chi connectivity index (χ1v) is 5.67. The van der Waals surface area contributed by atoms with Crippen LogP contribution in [0, 0.1) is 12.7 Å². The van der Waals surface area contributed by atoms with Gasteiger partial charge in [0.15, 0.2) is 5.76 Å². The summed E-state index contributed by atoms with van der Waals surface area (Å²) in [6, 6.07) is 7.13. The molecule has 94 valence electrons. The van der Waals surface area contributed by atoms with Crippen LogP contribution in [0.15, 0.2) is 40.9 Å². The van der Waals surface area contributed by atoms with E-state index in [9.17, 15) is 9.18 Å². The summed E-state index contributed by atoms with van der Waals surface area (Å²) in [6.07, 6.45) is 1.51. The average molecular weight is 256 g/mol. The lowest BCUT2D eigenvalue weighted by Crippen LogP contribution is -2.04. The van der Waals surface area contributed by atoms with Crippen LogP contribution in [0.1, 0.15) is 22.1 Å². The third-order valence-corrected chi connectivity index (χ3v) is 2.71. The number of hydrogen-bond acceptors (Lipinski definition) is 4. The average Bonchev–Trinajstić information content (AvgIpc) is 2.80. The maximum Gasteiger partial charge on any atom is 0.246 e. The smallest absolute Gasteiger partial charge is 0.246 e. The fraction of sp³-hybridized carbons (Fsp3) is 0.0714. The minimum absolute atomic E-state index is 0.138. The highest BCUT2D eigenvalue weighted by Gasteiger charge is 2.16. The van der Waals surface area contributed by atoms with Crippen LogP contribution in [0.25, 0.3) is 11.0 Å². The summed E-state index contributed by atoms with van der Waals surface area (Å²) in [5.41, 5.74) is 0.725. The highest BCUT2D eigenvalue weighted by atomic mass is 19.1. The molecule has 0 spiro atoms. The van der Waals surface area contributed by atoms with Crippen LogP contribution in [0.3, 0.4) is 0 Å². The Labute approximate surface area is 107 Å². The van der Waals surface area contributed by atoms with E-state index < -0.39 is 0 Å². The molecule has 0 fully saturated rings. The van der Waals surface area contributed by atoms with Gasteiger partial charge in [-0.1, -0.05) is 0 Å². The van der Waals surface area contributed by atoms with Gasteiger partial charge in [0.25, 0.3) is 0 Å². The zero-order chi connectivity index (χ0) is 13.4. The molecule has 0 amide bonds. The first-order chi connectivity index (χ1) is 9.13. The molecule has 0 saturated heterocycles. The second-order valence-corrected chi connectivity index (χ2v) is 4.11. The van der Waals surface area contributed by atoms with E-state index in [2.05, 4.69) is 9.97 Å². The van der Waals surface area contributed by atoms with E-state index in [0.29, 0.717) is 16.8 Å². The van der Waals surface area contributed by atoms with Gasteiger partial charge in [0.05, 0.1) is 0 Å². The van der Waals surface area contributed by atoms with E-state index in [1.54, 1.807) is 6.92 Å². The molecule has 0 unspecified atom stereocenters. The number of carbonyl (C=O) groups is 1. The predicted octanol–water partition coefficient (Wildman–Crippen LogP) is 2.90. The van der Waals surface area contributed by atoms with Crippen molar-refractivity contribution in [3.8, 4) is 0 Å². The molecule has 2 heterocycles. The Morgan fingerprint density at radius 2 is 2.11 bits per heavy atom. The normalized spacial score (nSPS) is 10.8. The van der Waals surface area contributed by atoms with Crippen LogP contribution in [0.2, 0.25) is 0 Å². The molecule has 4 nitrogen and oxygen atoms in total. The lowest BCUT2D eigenvalue weighted by molar-refractivity contribution is 0.101. The second kappa shape index (κ2) is 4.28. The van der Waals surface area contributed by atoms with Gasteiger partial charge in [0.1, 0.15) is 22.9 Å². The molecule has 0 saturated carbocycles. The number of carbonyl (C=O) groups excluding carboxylic acids is 1. The summed E-state index contributed by atoms with van der Waals surface area (Å²) < 4.78 is 18.5. The van der Waals surface area contributed by atoms with Crippen LogP contribution in [0.5, 0.6) is 0 Å². The summed E-state index contributed by atoms with van der Waals surface area (Å²) in [6.45, 7) is 1.70. The predicted molar refractivity (Wildman–Crippen MR) is 66.4 cm³/mol. The van der Waals surface area contributed by atoms with Crippen molar-refractivity contribution in [1.82, 2.24) is 9.97 Å². The Hall–Kier alpha value is -2.56. The Bertz CT molecular complexity index is 780. The standard InChI is InChI=1S/C14H9FN2O2/c1-8-16-5-4-11(17-8)14(18)13-7-9-6-10(15)2-3-12(9)19-13/h2-7H,1H3. The number of aryl methyl sites for hydroxylation is 1. The molecule has 3 aromatic rings. The molecule has 1 aromatic carbocycles. The Morgan fingerprint density at radius 3 is 2.89 bits per heavy atom. The number of ketones is 1. The minimum atomic E-state index is -0.370. The van der Waals surface area contributed by atoms with Crippen LogP contribution in [-0.2, 0) is 0 Å². The number of rotatable bonds is 2. The number of halogens is 1. The van der Waals surface area contributed by atoms with Gasteiger partial charge >= 0.3 is 0 Å². The lowest BCUT2D eigenvalue weighted by atomic mass is 10.2. The number of nitrogens with zero attached hydrogens (tertiary/aromatic N) is 2. The van der Waals surface area contributed by atoms with Crippen LogP contribution >= 0.6 is 0 Å². The van der Waals surface area contributed by atoms with Crippen molar-refractivity contribution < 1.29 is 13.6 Å². The molecule has 3 rings (SSSR count). The van der Waals surface area contributed by atoms with Crippen LogP contribution < -0.4 is 0 Å². The summed E-state index contributed by atoms with van der Waals surface area (Å²) in [7, 11) is 0. The van der Waals surface area contributed by atoms with E-state index in [1.165, 1.54) is 36.5 Å². The van der Waals surface area contributed by atoms with E-state index in [0.717, 1.165) is 0 Å². The molecule has 2 aromatic heterocycles. The number of hydrogen-bond donors (Lipinski definition) is 0. The van der Waals surface area contributed by atoms with Gasteiger partial charge < -0.3 is 4.42 Å². The zero-order valence-electron chi connectivity index (χ0n) is 10.1. The third kappa shape index (κ3) is 2.10. The maximum atomic E-state index is 13.1. The van der Waals surface area contributed by atoms with Gasteiger partial charge in [0.2, 0.25) is 5.78 Å². The van der Waals surface area contributed by atoms with Gasteiger partial charge in [-0.25, -0.2) is 14.4 Å². The van der Waals surface area contributed by atoms with E-state index in [-0.39, 0.29) is 23.1 Å². The molecule has 0 aliphatic carbocycles. The first-order valence-electron chi connectivity index (χ1n) is 5.67. The molecule has 5 heteroatoms. The monoisotopic (exact) mass is 256 g/mol. The molecule has 0 N–H and O–H groups in total. The van der Waals surface area contributed by atoms with Crippen molar-refractivity contribution in [1.29, 1.82) is 0 Å². The highest BCUT2D eigenvalue weighted by molar-refractivity contribution is 6.07. The first kappa shape index (κ1) is 11.5. The van der Waals surface area contributed by atoms with Crippen molar-refractivity contribution in [3.05, 3.63) is 59.6 Å². The fourth-order valence-electron chi connectivity index (χ4n) is 1.83. The summed E-state index contributed by atoms with van der Waals surface area (Å²) in [4.78, 5) is 20.1. The Kier molecular flexibility index (Phi) is 2.59. The van der Waals surface area contributed by atoms with Gasteiger partial charge in [-0.2, -0.15) is 0 Å². The molecule has 0 bridgehead atoms. The summed E-state index contributed by atoms with van der Waals surface area (Å²) in [5, 5.41) is 0.550. The van der Waals surface area contributed by atoms with Crippen molar-refractivity contribution in [2.24, 2.45) is 0 Å². The molecule has 0 atom stereocenters. The van der Waals surface area contributed by atoms with Gasteiger partial charge in [-0.15, -0.1) is 0 Å². The van der Waals surface area contributed by atoms with E-state index in [4.69, 9.17) is 4.42 Å². The van der Waals surface area contributed by atoms with Crippen LogP contribution in [-0.4, -0.2) is 15.8 Å². The number of fused-ring (bicyclic) bond motifs is 1. The molecule has 0 radical (unpaired) electrons. The SMILES string of the molecule is Cc1nccc(C(=O)c2cc3cc(F)ccc3o2)n1. The fourth-order valence-corrected chi connectivity index (χ4v) is 1.83. The zero-order valence-corrected chi connectivity index (χ0v) is 10.1. The Balaban J connectivity index is 2.06. The van der Waals surface area contributed by atoms with Crippen molar-refractivity contribution in [3.63, 3.8) is 0 Å². The molecule has 19 heavy (non-hydrogen) atoms. The number of furan rings is 1. The van der Waals surface area contributed by atoms with E-state index in [1.807, 2.05) is 0 Å². The van der Waals surface area contributed by atoms with Gasteiger partial charge in [-0.3, -0.25) is 4.79 Å². The van der Waals surface area contributed by atoms with Crippen molar-refractivity contribution >= 4 is 16.8 Å². The second-order valence-electron chi connectivity index (χ2n) is 4.11. The summed E-state index contributed by atoms with van der Waals surface area (Å²) >= 11 is 0. The third-order valence-electron chi connectivity index (χ3n) is 2.71. The van der Waals surface area contributed by atoms with E-state index >= 15 is 0 Å². The van der Waals surface area contributed by atoms with Crippen LogP contribution in [0.4, 0.5) is 4.39 Å².